The highest BCUT2D eigenvalue weighted by molar-refractivity contribution is 7.70. The number of nitrogens with zero attached hydrogens (tertiary/aromatic N) is 2. The Balaban J connectivity index is 1.69. The van der Waals surface area contributed by atoms with Crippen molar-refractivity contribution in [2.24, 2.45) is 0 Å². The monoisotopic (exact) mass is 536 g/mol. The fraction of sp³-hybridized carbons (Fsp3) is 0.458. The molecule has 8 bridgehead atoms. The molecule has 6 rings (SSSR count). The third-order valence-corrected chi connectivity index (χ3v) is 8.29. The lowest BCUT2D eigenvalue weighted by Gasteiger charge is -2.17. The number of hydroxylamine groups is 1. The first-order valence-corrected chi connectivity index (χ1v) is 14.7. The summed E-state index contributed by atoms with van der Waals surface area (Å²) >= 11 is 0. The van der Waals surface area contributed by atoms with E-state index in [0.717, 1.165) is 25.5 Å². The number of hydrogen-bond donors (Lipinski definition) is 4. The van der Waals surface area contributed by atoms with Crippen LogP contribution in [-0.4, -0.2) is 59.4 Å². The fourth-order valence-corrected chi connectivity index (χ4v) is 6.57. The third kappa shape index (κ3) is 5.23. The molecule has 1 saturated carbocycles. The van der Waals surface area contributed by atoms with Gasteiger partial charge in [-0.1, -0.05) is 6.07 Å². The van der Waals surface area contributed by atoms with Crippen LogP contribution in [0, 0.1) is 0 Å². The van der Waals surface area contributed by atoms with E-state index in [0.29, 0.717) is 23.9 Å². The van der Waals surface area contributed by atoms with Gasteiger partial charge in [-0.3, -0.25) is 9.63 Å². The Kier molecular flexibility index (Phi) is 6.76. The summed E-state index contributed by atoms with van der Waals surface area (Å²) < 4.78 is 55.3. The lowest BCUT2D eigenvalue weighted by Crippen LogP contribution is -2.32. The molecular formula is C24H28F3N6O3P. The number of rotatable bonds is 1. The lowest BCUT2D eigenvalue weighted by atomic mass is 10.0. The SMILES string of the molecule is CP(C)(=O)c1c2ccc3c(c[nH]c13)-c1nc(ncc1C(F)(F)F)N[C@H]1CC[C@@H](C1)NCCCONC2=O. The van der Waals surface area contributed by atoms with Gasteiger partial charge in [0, 0.05) is 40.7 Å². The molecule has 2 aromatic heterocycles. The number of benzene rings is 1. The predicted octanol–water partition coefficient (Wildman–Crippen LogP) is 3.88. The summed E-state index contributed by atoms with van der Waals surface area (Å²) in [5, 5.41) is 7.24. The van der Waals surface area contributed by atoms with E-state index in [9.17, 15) is 22.5 Å². The number of alkyl halides is 3. The minimum absolute atomic E-state index is 0.0166. The second-order valence-electron chi connectivity index (χ2n) is 9.83. The van der Waals surface area contributed by atoms with Crippen molar-refractivity contribution in [1.29, 1.82) is 0 Å². The maximum atomic E-state index is 14.0. The molecule has 3 aliphatic rings. The Morgan fingerprint density at radius 2 is 1.92 bits per heavy atom. The molecule has 2 atom stereocenters. The van der Waals surface area contributed by atoms with Crippen LogP contribution in [0.3, 0.4) is 0 Å². The van der Waals surface area contributed by atoms with Crippen molar-refractivity contribution in [2.45, 2.75) is 43.9 Å². The van der Waals surface area contributed by atoms with E-state index < -0.39 is 24.8 Å². The molecule has 0 saturated heterocycles. The summed E-state index contributed by atoms with van der Waals surface area (Å²) in [6, 6.07) is 3.25. The van der Waals surface area contributed by atoms with Gasteiger partial charge >= 0.3 is 6.18 Å². The van der Waals surface area contributed by atoms with Crippen molar-refractivity contribution in [3.63, 3.8) is 0 Å². The minimum Gasteiger partial charge on any atom is -0.360 e. The Hall–Kier alpha value is -2.95. The summed E-state index contributed by atoms with van der Waals surface area (Å²) in [7, 11) is -3.07. The maximum Gasteiger partial charge on any atom is 0.419 e. The standard InChI is InChI=1S/C24H28F3N6O3P/c1-37(2,35)21-16-7-6-15-17(11-29-20(15)21)19-18(24(25,26)27)12-30-23(32-19)31-14-5-4-13(10-14)28-8-3-9-36-33-22(16)34/h6-7,11-14,28-29H,3-5,8-10H2,1-2H3,(H,33,34)(H,30,31,32)/t13-,14-/m0/s1. The Morgan fingerprint density at radius 1 is 1.14 bits per heavy atom. The van der Waals surface area contributed by atoms with Crippen LogP contribution in [0.25, 0.3) is 22.2 Å². The molecule has 9 nitrogen and oxygen atoms in total. The fourth-order valence-electron chi connectivity index (χ4n) is 5.09. The van der Waals surface area contributed by atoms with Crippen LogP contribution in [-0.2, 0) is 15.6 Å². The van der Waals surface area contributed by atoms with Gasteiger partial charge in [-0.2, -0.15) is 13.2 Å². The van der Waals surface area contributed by atoms with Crippen molar-refractivity contribution < 1.29 is 27.4 Å². The normalized spacial score (nSPS) is 21.4. The highest BCUT2D eigenvalue weighted by Crippen LogP contribution is 2.43. The van der Waals surface area contributed by atoms with E-state index in [2.05, 4.69) is 31.1 Å². The van der Waals surface area contributed by atoms with E-state index in [1.165, 1.54) is 31.7 Å². The lowest BCUT2D eigenvalue weighted by molar-refractivity contribution is -0.137. The van der Waals surface area contributed by atoms with Gasteiger partial charge in [0.25, 0.3) is 5.91 Å². The number of anilines is 1. The molecule has 3 aromatic rings. The minimum atomic E-state index is -4.69. The number of H-pyrrole nitrogens is 1. The first kappa shape index (κ1) is 25.7. The molecule has 1 aliphatic carbocycles. The van der Waals surface area contributed by atoms with Crippen LogP contribution in [0.2, 0.25) is 0 Å². The average molecular weight is 536 g/mol. The largest absolute Gasteiger partial charge is 0.419 e. The topological polar surface area (TPSA) is 121 Å². The van der Waals surface area contributed by atoms with Crippen molar-refractivity contribution in [3.05, 3.63) is 35.7 Å². The van der Waals surface area contributed by atoms with Gasteiger partial charge in [-0.15, -0.1) is 0 Å². The molecule has 37 heavy (non-hydrogen) atoms. The van der Waals surface area contributed by atoms with Crippen LogP contribution in [0.5, 0.6) is 0 Å². The van der Waals surface area contributed by atoms with Gasteiger partial charge < -0.3 is 20.2 Å². The highest BCUT2D eigenvalue weighted by atomic mass is 31.2. The number of amides is 1. The molecule has 0 unspecified atom stereocenters. The number of carbonyl (C=O) groups is 1. The van der Waals surface area contributed by atoms with E-state index in [1.54, 1.807) is 0 Å². The van der Waals surface area contributed by atoms with Crippen molar-refractivity contribution in [2.75, 3.05) is 31.8 Å². The number of nitrogens with one attached hydrogen (secondary N) is 4. The average Bonchev–Trinajstić information content (AvgIpc) is 3.45. The van der Waals surface area contributed by atoms with Crippen LogP contribution >= 0.6 is 7.14 Å². The van der Waals surface area contributed by atoms with Crippen LogP contribution in [0.15, 0.2) is 24.5 Å². The number of fused-ring (bicyclic) bond motifs is 7. The van der Waals surface area contributed by atoms with Gasteiger partial charge in [0.2, 0.25) is 5.95 Å². The van der Waals surface area contributed by atoms with E-state index in [4.69, 9.17) is 4.84 Å². The maximum absolute atomic E-state index is 14.0. The van der Waals surface area contributed by atoms with Crippen molar-refractivity contribution in [1.82, 2.24) is 25.7 Å². The quantitative estimate of drug-likeness (QED) is 0.349. The molecule has 2 aliphatic heterocycles. The van der Waals surface area contributed by atoms with Gasteiger partial charge in [0.1, 0.15) is 12.7 Å². The van der Waals surface area contributed by atoms with Crippen LogP contribution in [0.1, 0.15) is 41.6 Å². The van der Waals surface area contributed by atoms with Crippen LogP contribution < -0.4 is 21.4 Å². The van der Waals surface area contributed by atoms with Gasteiger partial charge in [0.05, 0.1) is 23.4 Å². The van der Waals surface area contributed by atoms with Gasteiger partial charge in [-0.25, -0.2) is 15.4 Å². The summed E-state index contributed by atoms with van der Waals surface area (Å²) in [5.41, 5.74) is 1.75. The molecule has 13 heteroatoms. The smallest absolute Gasteiger partial charge is 0.360 e. The van der Waals surface area contributed by atoms with E-state index in [-0.39, 0.29) is 46.8 Å². The first-order chi connectivity index (χ1) is 17.5. The predicted molar refractivity (Wildman–Crippen MR) is 135 cm³/mol. The summed E-state index contributed by atoms with van der Waals surface area (Å²) in [6.45, 7) is 3.97. The van der Waals surface area contributed by atoms with Crippen LogP contribution in [0.4, 0.5) is 19.1 Å². The molecule has 198 valence electrons. The molecule has 4 N–H and O–H groups in total. The zero-order chi connectivity index (χ0) is 26.4. The molecule has 0 radical (unpaired) electrons. The summed E-state index contributed by atoms with van der Waals surface area (Å²) in [6.07, 6.45) is 0.665. The van der Waals surface area contributed by atoms with E-state index in [1.807, 2.05) is 0 Å². The number of hydrogen-bond acceptors (Lipinski definition) is 7. The molecular weight excluding hydrogens is 508 g/mol. The molecule has 1 amide bonds. The molecule has 1 aromatic carbocycles. The van der Waals surface area contributed by atoms with E-state index >= 15 is 0 Å². The number of aromatic nitrogens is 3. The zero-order valence-corrected chi connectivity index (χ0v) is 21.3. The van der Waals surface area contributed by atoms with Gasteiger partial charge in [-0.05, 0) is 51.6 Å². The number of carbonyl (C=O) groups excluding carboxylic acids is 1. The highest BCUT2D eigenvalue weighted by Gasteiger charge is 2.37. The molecule has 4 heterocycles. The Bertz CT molecular complexity index is 1390. The molecule has 0 spiro atoms. The number of aromatic amines is 1. The molecule has 1 fully saturated rings. The summed E-state index contributed by atoms with van der Waals surface area (Å²) in [5.74, 6) is -0.465. The zero-order valence-electron chi connectivity index (χ0n) is 20.4. The second-order valence-corrected chi connectivity index (χ2v) is 13.0. The number of halogens is 3. The second kappa shape index (κ2) is 9.74. The first-order valence-electron chi connectivity index (χ1n) is 12.1. The Labute approximate surface area is 211 Å². The Morgan fingerprint density at radius 3 is 2.68 bits per heavy atom. The third-order valence-electron chi connectivity index (χ3n) is 6.75. The van der Waals surface area contributed by atoms with Crippen molar-refractivity contribution in [3.8, 4) is 11.3 Å². The van der Waals surface area contributed by atoms with Crippen molar-refractivity contribution >= 4 is 35.2 Å². The van der Waals surface area contributed by atoms with Gasteiger partial charge in [0.15, 0.2) is 0 Å². The summed E-state index contributed by atoms with van der Waals surface area (Å²) in [4.78, 5) is 29.6.